The maximum Gasteiger partial charge on any atom is 0.223 e. The Bertz CT molecular complexity index is 574. The zero-order valence-corrected chi connectivity index (χ0v) is 14.3. The molecule has 9 heteroatoms. The standard InChI is InChI=1S/C13H22N4O3S2/c1-22(19,20)15-4-3-13(18)17-6-2-5-16(7-8-17)9-12-10-21-11-14-12/h10-11,15H,2-9H2,1H3. The minimum atomic E-state index is -3.23. The summed E-state index contributed by atoms with van der Waals surface area (Å²) in [5.41, 5.74) is 2.90. The number of hydrogen-bond acceptors (Lipinski definition) is 6. The number of aromatic nitrogens is 1. The fourth-order valence-electron chi connectivity index (χ4n) is 2.42. The second-order valence-corrected chi connectivity index (χ2v) is 7.96. The summed E-state index contributed by atoms with van der Waals surface area (Å²) in [6.45, 7) is 4.16. The van der Waals surface area contributed by atoms with Crippen LogP contribution in [0.4, 0.5) is 0 Å². The molecular formula is C13H22N4O3S2. The van der Waals surface area contributed by atoms with Gasteiger partial charge in [-0.1, -0.05) is 0 Å². The number of thiazole rings is 1. The second-order valence-electron chi connectivity index (χ2n) is 5.41. The van der Waals surface area contributed by atoms with E-state index in [9.17, 15) is 13.2 Å². The minimum Gasteiger partial charge on any atom is -0.341 e. The largest absolute Gasteiger partial charge is 0.341 e. The summed E-state index contributed by atoms with van der Waals surface area (Å²) in [5.74, 6) is 0.00617. The first-order chi connectivity index (χ1) is 10.4. The van der Waals surface area contributed by atoms with Crippen molar-refractivity contribution in [3.63, 3.8) is 0 Å². The van der Waals surface area contributed by atoms with Crippen LogP contribution in [-0.4, -0.2) is 68.1 Å². The molecule has 0 atom stereocenters. The van der Waals surface area contributed by atoms with Crippen LogP contribution < -0.4 is 4.72 Å². The SMILES string of the molecule is CS(=O)(=O)NCCC(=O)N1CCCN(Cc2cscn2)CC1. The van der Waals surface area contributed by atoms with Crippen molar-refractivity contribution in [2.45, 2.75) is 19.4 Å². The zero-order chi connectivity index (χ0) is 16.0. The number of carbonyl (C=O) groups is 1. The third-order valence-corrected chi connectivity index (χ3v) is 4.88. The Kier molecular flexibility index (Phi) is 6.30. The second kappa shape index (κ2) is 8.00. The summed E-state index contributed by atoms with van der Waals surface area (Å²) in [5, 5.41) is 2.05. The monoisotopic (exact) mass is 346 g/mol. The van der Waals surface area contributed by atoms with Crippen molar-refractivity contribution in [2.75, 3.05) is 39.0 Å². The lowest BCUT2D eigenvalue weighted by molar-refractivity contribution is -0.130. The summed E-state index contributed by atoms with van der Waals surface area (Å²) in [4.78, 5) is 20.5. The normalized spacial score (nSPS) is 17.4. The van der Waals surface area contributed by atoms with E-state index in [1.54, 1.807) is 11.3 Å². The van der Waals surface area contributed by atoms with E-state index in [2.05, 4.69) is 14.6 Å². The lowest BCUT2D eigenvalue weighted by Crippen LogP contribution is -2.37. The van der Waals surface area contributed by atoms with Crippen LogP contribution in [0.5, 0.6) is 0 Å². The Labute approximate surface area is 135 Å². The summed E-state index contributed by atoms with van der Waals surface area (Å²) >= 11 is 1.59. The van der Waals surface area contributed by atoms with Gasteiger partial charge in [0.25, 0.3) is 0 Å². The van der Waals surface area contributed by atoms with Crippen molar-refractivity contribution in [1.82, 2.24) is 19.5 Å². The summed E-state index contributed by atoms with van der Waals surface area (Å²) in [6.07, 6.45) is 2.23. The molecule has 1 N–H and O–H groups in total. The van der Waals surface area contributed by atoms with Crippen LogP contribution in [0.3, 0.4) is 0 Å². The Morgan fingerprint density at radius 2 is 2.18 bits per heavy atom. The number of sulfonamides is 1. The van der Waals surface area contributed by atoms with E-state index in [1.807, 2.05) is 15.8 Å². The molecule has 1 saturated heterocycles. The van der Waals surface area contributed by atoms with Gasteiger partial charge in [-0.3, -0.25) is 9.69 Å². The summed E-state index contributed by atoms with van der Waals surface area (Å²) in [6, 6.07) is 0. The molecular weight excluding hydrogens is 324 g/mol. The number of rotatable bonds is 6. The maximum atomic E-state index is 12.1. The van der Waals surface area contributed by atoms with Crippen molar-refractivity contribution < 1.29 is 13.2 Å². The van der Waals surface area contributed by atoms with Crippen LogP contribution >= 0.6 is 11.3 Å². The highest BCUT2D eigenvalue weighted by Crippen LogP contribution is 2.10. The van der Waals surface area contributed by atoms with E-state index in [0.29, 0.717) is 6.54 Å². The fourth-order valence-corrected chi connectivity index (χ4v) is 3.45. The first-order valence-corrected chi connectivity index (χ1v) is 10.1. The zero-order valence-electron chi connectivity index (χ0n) is 12.7. The van der Waals surface area contributed by atoms with E-state index >= 15 is 0 Å². The van der Waals surface area contributed by atoms with E-state index in [0.717, 1.165) is 44.5 Å². The molecule has 1 aliphatic rings. The van der Waals surface area contributed by atoms with Crippen LogP contribution in [0, 0.1) is 0 Å². The number of amides is 1. The molecule has 1 fully saturated rings. The van der Waals surface area contributed by atoms with Crippen molar-refractivity contribution >= 4 is 27.3 Å². The molecule has 2 heterocycles. The first kappa shape index (κ1) is 17.3. The molecule has 0 spiro atoms. The van der Waals surface area contributed by atoms with Gasteiger partial charge in [-0.15, -0.1) is 11.3 Å². The van der Waals surface area contributed by atoms with E-state index in [4.69, 9.17) is 0 Å². The molecule has 0 bridgehead atoms. The molecule has 7 nitrogen and oxygen atoms in total. The molecule has 0 radical (unpaired) electrons. The van der Waals surface area contributed by atoms with Crippen molar-refractivity contribution in [3.05, 3.63) is 16.6 Å². The minimum absolute atomic E-state index is 0.00617. The van der Waals surface area contributed by atoms with Gasteiger partial charge >= 0.3 is 0 Å². The van der Waals surface area contributed by atoms with Gasteiger partial charge in [0.05, 0.1) is 17.5 Å². The van der Waals surface area contributed by atoms with Gasteiger partial charge in [0.2, 0.25) is 15.9 Å². The smallest absolute Gasteiger partial charge is 0.223 e. The molecule has 1 aliphatic heterocycles. The molecule has 1 aromatic rings. The highest BCUT2D eigenvalue weighted by molar-refractivity contribution is 7.88. The molecule has 2 rings (SSSR count). The average molecular weight is 346 g/mol. The summed E-state index contributed by atoms with van der Waals surface area (Å²) in [7, 11) is -3.23. The number of nitrogens with one attached hydrogen (secondary N) is 1. The van der Waals surface area contributed by atoms with Crippen LogP contribution in [0.1, 0.15) is 18.5 Å². The van der Waals surface area contributed by atoms with Crippen LogP contribution in [0.2, 0.25) is 0 Å². The van der Waals surface area contributed by atoms with Gasteiger partial charge in [-0.2, -0.15) is 0 Å². The number of carbonyl (C=O) groups excluding carboxylic acids is 1. The Hall–Kier alpha value is -1.03. The van der Waals surface area contributed by atoms with Crippen LogP contribution in [-0.2, 0) is 21.4 Å². The molecule has 0 aromatic carbocycles. The van der Waals surface area contributed by atoms with E-state index < -0.39 is 10.0 Å². The average Bonchev–Trinajstić information content (AvgIpc) is 2.82. The molecule has 0 aliphatic carbocycles. The molecule has 0 saturated carbocycles. The van der Waals surface area contributed by atoms with Gasteiger partial charge < -0.3 is 4.90 Å². The Balaban J connectivity index is 1.76. The fraction of sp³-hybridized carbons (Fsp3) is 0.692. The van der Waals surface area contributed by atoms with Crippen LogP contribution in [0.25, 0.3) is 0 Å². The third kappa shape index (κ3) is 5.99. The molecule has 1 amide bonds. The van der Waals surface area contributed by atoms with Crippen molar-refractivity contribution in [3.8, 4) is 0 Å². The number of hydrogen-bond donors (Lipinski definition) is 1. The molecule has 1 aromatic heterocycles. The van der Waals surface area contributed by atoms with Gasteiger partial charge in [0.1, 0.15) is 0 Å². The van der Waals surface area contributed by atoms with Crippen molar-refractivity contribution in [2.24, 2.45) is 0 Å². The Morgan fingerprint density at radius 3 is 2.86 bits per heavy atom. The van der Waals surface area contributed by atoms with Crippen LogP contribution in [0.15, 0.2) is 10.9 Å². The quantitative estimate of drug-likeness (QED) is 0.791. The van der Waals surface area contributed by atoms with E-state index in [1.165, 1.54) is 0 Å². The highest BCUT2D eigenvalue weighted by Gasteiger charge is 2.19. The van der Waals surface area contributed by atoms with Gasteiger partial charge in [0, 0.05) is 51.1 Å². The number of nitrogens with zero attached hydrogens (tertiary/aromatic N) is 3. The topological polar surface area (TPSA) is 82.6 Å². The lowest BCUT2D eigenvalue weighted by Gasteiger charge is -2.21. The van der Waals surface area contributed by atoms with Crippen molar-refractivity contribution in [1.29, 1.82) is 0 Å². The summed E-state index contributed by atoms with van der Waals surface area (Å²) < 4.78 is 24.3. The van der Waals surface area contributed by atoms with E-state index in [-0.39, 0.29) is 18.9 Å². The third-order valence-electron chi connectivity index (χ3n) is 3.51. The molecule has 124 valence electrons. The molecule has 22 heavy (non-hydrogen) atoms. The first-order valence-electron chi connectivity index (χ1n) is 7.26. The van der Waals surface area contributed by atoms with Gasteiger partial charge in [-0.05, 0) is 6.42 Å². The van der Waals surface area contributed by atoms with Gasteiger partial charge in [0.15, 0.2) is 0 Å². The Morgan fingerprint density at radius 1 is 1.36 bits per heavy atom. The highest BCUT2D eigenvalue weighted by atomic mass is 32.2. The predicted molar refractivity (Wildman–Crippen MR) is 86.1 cm³/mol. The van der Waals surface area contributed by atoms with Gasteiger partial charge in [-0.25, -0.2) is 18.1 Å². The predicted octanol–water partition coefficient (Wildman–Crippen LogP) is 0.117. The maximum absolute atomic E-state index is 12.1. The molecule has 0 unspecified atom stereocenters. The lowest BCUT2D eigenvalue weighted by atomic mass is 10.3.